The molecular weight excluding hydrogens is 400 g/mol. The Morgan fingerprint density at radius 3 is 2.36 bits per heavy atom. The fraction of sp³-hybridized carbons (Fsp3) is 0.323. The van der Waals surface area contributed by atoms with Crippen LogP contribution in [-0.2, 0) is 13.5 Å². The molecule has 0 fully saturated rings. The van der Waals surface area contributed by atoms with Crippen molar-refractivity contribution < 1.29 is 4.57 Å². The third kappa shape index (κ3) is 2.76. The van der Waals surface area contributed by atoms with E-state index in [4.69, 9.17) is 0 Å². The number of benzene rings is 3. The summed E-state index contributed by atoms with van der Waals surface area (Å²) < 4.78 is 4.91. The van der Waals surface area contributed by atoms with E-state index in [-0.39, 0.29) is 0 Å². The molecule has 0 bridgehead atoms. The number of nitrogens with zero attached hydrogens (tertiary/aromatic N) is 2. The Morgan fingerprint density at radius 2 is 1.64 bits per heavy atom. The van der Waals surface area contributed by atoms with Gasteiger partial charge in [0, 0.05) is 16.8 Å². The lowest BCUT2D eigenvalue weighted by atomic mass is 9.94. The van der Waals surface area contributed by atoms with Gasteiger partial charge in [-0.3, -0.25) is 0 Å². The van der Waals surface area contributed by atoms with E-state index >= 15 is 0 Å². The van der Waals surface area contributed by atoms with Crippen molar-refractivity contribution in [2.75, 3.05) is 0 Å². The first kappa shape index (κ1) is 20.5. The Bertz CT molecular complexity index is 1710. The highest BCUT2D eigenvalue weighted by Crippen LogP contribution is 2.42. The van der Waals surface area contributed by atoms with Crippen molar-refractivity contribution >= 4 is 49.0 Å². The normalized spacial score (nSPS) is 12.8. The van der Waals surface area contributed by atoms with Gasteiger partial charge in [0.1, 0.15) is 7.05 Å². The van der Waals surface area contributed by atoms with Crippen molar-refractivity contribution in [3.05, 3.63) is 70.9 Å². The fourth-order valence-corrected chi connectivity index (χ4v) is 5.93. The topological polar surface area (TPSA) is 8.29 Å². The molecule has 6 aromatic rings. The molecule has 0 radical (unpaired) electrons. The van der Waals surface area contributed by atoms with Crippen LogP contribution in [-0.4, -0.2) is 4.40 Å². The van der Waals surface area contributed by atoms with Crippen LogP contribution >= 0.6 is 0 Å². The third-order valence-electron chi connectivity index (χ3n) is 7.66. The second kappa shape index (κ2) is 6.93. The maximum absolute atomic E-state index is 2.58. The molecule has 33 heavy (non-hydrogen) atoms. The van der Waals surface area contributed by atoms with Gasteiger partial charge >= 0.3 is 0 Å². The van der Waals surface area contributed by atoms with Crippen LogP contribution in [0.4, 0.5) is 0 Å². The van der Waals surface area contributed by atoms with Gasteiger partial charge in [-0.25, -0.2) is 4.57 Å². The molecule has 0 unspecified atom stereocenters. The standard InChI is InChI=1S/C31H33N2/c1-17(2)12-21-14-23-10-11-32(7)31-28-20(6)19(5)13-25-24-9-8-22(18(3)4)16-26(24)33(30(25)28)27(15-21)29(23)31/h8-11,13-18H,12H2,1-7H3/q+1. The third-order valence-corrected chi connectivity index (χ3v) is 7.66. The van der Waals surface area contributed by atoms with E-state index in [1.807, 2.05) is 0 Å². The highest BCUT2D eigenvalue weighted by Gasteiger charge is 2.25. The van der Waals surface area contributed by atoms with E-state index in [0.717, 1.165) is 6.42 Å². The molecule has 3 heterocycles. The highest BCUT2D eigenvalue weighted by atomic mass is 15.0. The summed E-state index contributed by atoms with van der Waals surface area (Å²) in [6.45, 7) is 13.8. The van der Waals surface area contributed by atoms with Crippen LogP contribution in [0.3, 0.4) is 0 Å². The molecule has 2 heteroatoms. The zero-order valence-corrected chi connectivity index (χ0v) is 20.9. The van der Waals surface area contributed by atoms with E-state index < -0.39 is 0 Å². The summed E-state index contributed by atoms with van der Waals surface area (Å²) in [6, 6.07) is 16.7. The zero-order valence-electron chi connectivity index (χ0n) is 20.9. The molecule has 2 nitrogen and oxygen atoms in total. The van der Waals surface area contributed by atoms with Crippen LogP contribution < -0.4 is 4.57 Å². The summed E-state index contributed by atoms with van der Waals surface area (Å²) in [5.74, 6) is 1.13. The molecule has 0 atom stereocenters. The SMILES string of the molecule is Cc1cc2c3ccc(C(C)C)cc3n3c4cc(CC(C)C)cc5cc[n+](C)c(c(c1C)c23)c54. The second-order valence-electron chi connectivity index (χ2n) is 10.8. The van der Waals surface area contributed by atoms with Crippen LogP contribution in [0.25, 0.3) is 49.0 Å². The van der Waals surface area contributed by atoms with Crippen LogP contribution in [0.5, 0.6) is 0 Å². The minimum absolute atomic E-state index is 0.504. The lowest BCUT2D eigenvalue weighted by molar-refractivity contribution is -0.643. The summed E-state index contributed by atoms with van der Waals surface area (Å²) in [7, 11) is 2.20. The molecule has 3 aromatic heterocycles. The van der Waals surface area contributed by atoms with Crippen LogP contribution in [0, 0.1) is 19.8 Å². The molecule has 3 aromatic carbocycles. The maximum atomic E-state index is 2.58. The molecule has 0 saturated heterocycles. The number of fused-ring (bicyclic) bond motifs is 5. The van der Waals surface area contributed by atoms with Crippen molar-refractivity contribution in [1.29, 1.82) is 0 Å². The highest BCUT2D eigenvalue weighted by molar-refractivity contribution is 6.26. The molecule has 166 valence electrons. The first-order chi connectivity index (χ1) is 15.8. The second-order valence-corrected chi connectivity index (χ2v) is 10.8. The average molecular weight is 434 g/mol. The maximum Gasteiger partial charge on any atom is 0.224 e. The van der Waals surface area contributed by atoms with Crippen molar-refractivity contribution in [3.8, 4) is 0 Å². The van der Waals surface area contributed by atoms with Gasteiger partial charge in [-0.2, -0.15) is 0 Å². The summed E-state index contributed by atoms with van der Waals surface area (Å²) in [4.78, 5) is 0. The molecular formula is C31H33N2+. The fourth-order valence-electron chi connectivity index (χ4n) is 5.93. The monoisotopic (exact) mass is 433 g/mol. The van der Waals surface area contributed by atoms with Crippen LogP contribution in [0.2, 0.25) is 0 Å². The number of hydrogen-bond donors (Lipinski definition) is 0. The first-order valence-corrected chi connectivity index (χ1v) is 12.3. The molecule has 6 rings (SSSR count). The smallest absolute Gasteiger partial charge is 0.224 e. The molecule has 0 aliphatic carbocycles. The van der Waals surface area contributed by atoms with Gasteiger partial charge in [0.25, 0.3) is 0 Å². The largest absolute Gasteiger partial charge is 0.307 e. The Balaban J connectivity index is 1.98. The summed E-state index contributed by atoms with van der Waals surface area (Å²) in [5, 5.41) is 6.84. The zero-order chi connectivity index (χ0) is 23.2. The van der Waals surface area contributed by atoms with Gasteiger partial charge in [-0.15, -0.1) is 0 Å². The summed E-state index contributed by atoms with van der Waals surface area (Å²) >= 11 is 0. The van der Waals surface area contributed by atoms with Crippen molar-refractivity contribution in [2.45, 2.75) is 53.9 Å². The average Bonchev–Trinajstić information content (AvgIpc) is 3.08. The molecule has 0 spiro atoms. The number of aryl methyl sites for hydroxylation is 3. The van der Waals surface area contributed by atoms with Gasteiger partial charge < -0.3 is 4.40 Å². The van der Waals surface area contributed by atoms with E-state index in [2.05, 4.69) is 106 Å². The Morgan fingerprint density at radius 1 is 0.848 bits per heavy atom. The number of hydrogen-bond acceptors (Lipinski definition) is 0. The van der Waals surface area contributed by atoms with Crippen molar-refractivity contribution in [1.82, 2.24) is 4.40 Å². The van der Waals surface area contributed by atoms with E-state index in [1.54, 1.807) is 0 Å². The van der Waals surface area contributed by atoms with E-state index in [1.165, 1.54) is 71.3 Å². The number of aromatic nitrogens is 2. The quantitative estimate of drug-likeness (QED) is 0.153. The van der Waals surface area contributed by atoms with E-state index in [9.17, 15) is 0 Å². The van der Waals surface area contributed by atoms with E-state index in [0.29, 0.717) is 11.8 Å². The van der Waals surface area contributed by atoms with Gasteiger partial charge in [0.2, 0.25) is 5.52 Å². The molecule has 0 saturated carbocycles. The van der Waals surface area contributed by atoms with Gasteiger partial charge in [-0.1, -0.05) is 45.9 Å². The van der Waals surface area contributed by atoms with Crippen molar-refractivity contribution in [3.63, 3.8) is 0 Å². The van der Waals surface area contributed by atoms with Gasteiger partial charge in [0.05, 0.1) is 27.3 Å². The van der Waals surface area contributed by atoms with Gasteiger partial charge in [0.15, 0.2) is 6.20 Å². The molecule has 0 amide bonds. The first-order valence-electron chi connectivity index (χ1n) is 12.3. The predicted molar refractivity (Wildman–Crippen MR) is 142 cm³/mol. The summed E-state index contributed by atoms with van der Waals surface area (Å²) in [6.07, 6.45) is 3.34. The molecule has 0 aliphatic heterocycles. The summed E-state index contributed by atoms with van der Waals surface area (Å²) in [5.41, 5.74) is 11.0. The van der Waals surface area contributed by atoms with Gasteiger partial charge in [-0.05, 0) is 77.9 Å². The number of rotatable bonds is 3. The van der Waals surface area contributed by atoms with Crippen molar-refractivity contribution in [2.24, 2.45) is 13.0 Å². The predicted octanol–water partition coefficient (Wildman–Crippen LogP) is 7.75. The Labute approximate surface area is 195 Å². The van der Waals surface area contributed by atoms with Crippen LogP contribution in [0.15, 0.2) is 48.7 Å². The minimum Gasteiger partial charge on any atom is -0.307 e. The number of pyridine rings is 2. The Hall–Kier alpha value is -3.13. The molecule has 0 aliphatic rings. The Kier molecular flexibility index (Phi) is 4.30. The lowest BCUT2D eigenvalue weighted by Gasteiger charge is -2.16. The molecule has 0 N–H and O–H groups in total. The minimum atomic E-state index is 0.504. The lowest BCUT2D eigenvalue weighted by Crippen LogP contribution is -2.29. The van der Waals surface area contributed by atoms with Crippen LogP contribution in [0.1, 0.15) is 55.9 Å².